The zero-order valence-electron chi connectivity index (χ0n) is 12.7. The van der Waals surface area contributed by atoms with Gasteiger partial charge in [-0.1, -0.05) is 6.07 Å². The van der Waals surface area contributed by atoms with Crippen molar-refractivity contribution < 1.29 is 22.7 Å². The highest BCUT2D eigenvalue weighted by Crippen LogP contribution is 2.30. The van der Waals surface area contributed by atoms with Crippen LogP contribution in [0.3, 0.4) is 0 Å². The minimum absolute atomic E-state index is 0.00837. The van der Waals surface area contributed by atoms with E-state index in [1.54, 1.807) is 25.1 Å². The molecule has 1 aromatic carbocycles. The first kappa shape index (κ1) is 16.2. The lowest BCUT2D eigenvalue weighted by Crippen LogP contribution is -2.47. The zero-order valence-corrected chi connectivity index (χ0v) is 13.6. The van der Waals surface area contributed by atoms with Gasteiger partial charge in [0.15, 0.2) is 6.61 Å². The lowest BCUT2D eigenvalue weighted by atomic mass is 10.1. The summed E-state index contributed by atoms with van der Waals surface area (Å²) in [5.41, 5.74) is 1.29. The molecule has 23 heavy (non-hydrogen) atoms. The van der Waals surface area contributed by atoms with Crippen molar-refractivity contribution in [3.63, 3.8) is 0 Å². The van der Waals surface area contributed by atoms with E-state index in [0.29, 0.717) is 37.7 Å². The van der Waals surface area contributed by atoms with Crippen molar-refractivity contribution in [3.05, 3.63) is 23.8 Å². The number of rotatable bonds is 4. The molecule has 1 aromatic rings. The second-order valence-corrected chi connectivity index (χ2v) is 7.15. The first-order valence-corrected chi connectivity index (χ1v) is 8.81. The summed E-state index contributed by atoms with van der Waals surface area (Å²) in [4.78, 5) is 11.4. The minimum Gasteiger partial charge on any atom is -0.482 e. The largest absolute Gasteiger partial charge is 0.482 e. The first-order valence-electron chi connectivity index (χ1n) is 7.37. The van der Waals surface area contributed by atoms with Gasteiger partial charge in [-0.3, -0.25) is 4.79 Å². The first-order chi connectivity index (χ1) is 11.0. The Bertz CT molecular complexity index is 700. The number of morpholine rings is 1. The van der Waals surface area contributed by atoms with Crippen LogP contribution >= 0.6 is 0 Å². The number of fused-ring (bicyclic) bond motifs is 1. The standard InChI is InChI=1S/C14H19N3O5S/c1-10(16-23(19,20)17-4-6-21-7-5-17)11-2-3-13-12(8-11)15-14(18)9-22-13/h2-3,8,10,16H,4-7,9H2,1H3,(H,15,18)/t10-/m0/s1. The van der Waals surface area contributed by atoms with Gasteiger partial charge in [0.05, 0.1) is 18.9 Å². The second-order valence-electron chi connectivity index (χ2n) is 5.45. The Morgan fingerprint density at radius 3 is 2.78 bits per heavy atom. The van der Waals surface area contributed by atoms with Gasteiger partial charge in [0.1, 0.15) is 5.75 Å². The molecule has 0 radical (unpaired) electrons. The molecule has 0 aromatic heterocycles. The molecule has 1 amide bonds. The van der Waals surface area contributed by atoms with E-state index in [1.165, 1.54) is 4.31 Å². The Morgan fingerprint density at radius 2 is 2.04 bits per heavy atom. The van der Waals surface area contributed by atoms with E-state index in [9.17, 15) is 13.2 Å². The molecule has 2 N–H and O–H groups in total. The summed E-state index contributed by atoms with van der Waals surface area (Å²) < 4.78 is 39.2. The number of amides is 1. The molecule has 0 saturated carbocycles. The summed E-state index contributed by atoms with van der Waals surface area (Å²) in [5, 5.41) is 2.71. The van der Waals surface area contributed by atoms with Gasteiger partial charge in [-0.05, 0) is 24.6 Å². The molecule has 0 bridgehead atoms. The number of nitrogens with one attached hydrogen (secondary N) is 2. The van der Waals surface area contributed by atoms with Crippen molar-refractivity contribution in [1.29, 1.82) is 0 Å². The van der Waals surface area contributed by atoms with E-state index in [1.807, 2.05) is 0 Å². The molecular weight excluding hydrogens is 322 g/mol. The topological polar surface area (TPSA) is 97.0 Å². The van der Waals surface area contributed by atoms with Crippen LogP contribution in [0.1, 0.15) is 18.5 Å². The fraction of sp³-hybridized carbons (Fsp3) is 0.500. The van der Waals surface area contributed by atoms with Crippen molar-refractivity contribution in [1.82, 2.24) is 9.03 Å². The molecule has 0 unspecified atom stereocenters. The molecular formula is C14H19N3O5S. The number of carbonyl (C=O) groups excluding carboxylic acids is 1. The van der Waals surface area contributed by atoms with Crippen molar-refractivity contribution in [2.45, 2.75) is 13.0 Å². The molecule has 1 saturated heterocycles. The fourth-order valence-electron chi connectivity index (χ4n) is 2.52. The predicted octanol–water partition coefficient (Wildman–Crippen LogP) is 0.245. The maximum absolute atomic E-state index is 12.4. The molecule has 8 nitrogen and oxygen atoms in total. The van der Waals surface area contributed by atoms with E-state index in [-0.39, 0.29) is 12.5 Å². The van der Waals surface area contributed by atoms with Crippen LogP contribution in [0.4, 0.5) is 5.69 Å². The van der Waals surface area contributed by atoms with Gasteiger partial charge >= 0.3 is 0 Å². The molecule has 0 spiro atoms. The van der Waals surface area contributed by atoms with E-state index in [2.05, 4.69) is 10.0 Å². The Hall–Kier alpha value is -1.68. The maximum atomic E-state index is 12.4. The lowest BCUT2D eigenvalue weighted by Gasteiger charge is -2.28. The molecule has 2 aliphatic rings. The van der Waals surface area contributed by atoms with Gasteiger partial charge in [0, 0.05) is 19.1 Å². The minimum atomic E-state index is -3.58. The van der Waals surface area contributed by atoms with Crippen LogP contribution in [-0.4, -0.2) is 51.5 Å². The zero-order chi connectivity index (χ0) is 16.4. The van der Waals surface area contributed by atoms with Gasteiger partial charge in [0.25, 0.3) is 16.1 Å². The summed E-state index contributed by atoms with van der Waals surface area (Å²) >= 11 is 0. The number of hydrogen-bond acceptors (Lipinski definition) is 5. The third-order valence-corrected chi connectivity index (χ3v) is 5.47. The number of carbonyl (C=O) groups is 1. The third kappa shape index (κ3) is 3.63. The summed E-state index contributed by atoms with van der Waals surface area (Å²) in [6.45, 7) is 3.23. The number of benzene rings is 1. The van der Waals surface area contributed by atoms with Crippen LogP contribution in [0.5, 0.6) is 5.75 Å². The number of hydrogen-bond donors (Lipinski definition) is 2. The van der Waals surface area contributed by atoms with Gasteiger partial charge in [-0.25, -0.2) is 0 Å². The maximum Gasteiger partial charge on any atom is 0.280 e. The quantitative estimate of drug-likeness (QED) is 0.818. The molecule has 2 aliphatic heterocycles. The Labute approximate surface area is 134 Å². The third-order valence-electron chi connectivity index (χ3n) is 3.77. The van der Waals surface area contributed by atoms with E-state index in [4.69, 9.17) is 9.47 Å². The highest BCUT2D eigenvalue weighted by atomic mass is 32.2. The van der Waals surface area contributed by atoms with Gasteiger partial charge in [-0.2, -0.15) is 17.4 Å². The summed E-state index contributed by atoms with van der Waals surface area (Å²) in [6.07, 6.45) is 0. The molecule has 0 aliphatic carbocycles. The van der Waals surface area contributed by atoms with Gasteiger partial charge in [0.2, 0.25) is 0 Å². The van der Waals surface area contributed by atoms with E-state index < -0.39 is 16.3 Å². The van der Waals surface area contributed by atoms with Crippen molar-refractivity contribution in [3.8, 4) is 5.75 Å². The lowest BCUT2D eigenvalue weighted by molar-refractivity contribution is -0.118. The second kappa shape index (κ2) is 6.44. The van der Waals surface area contributed by atoms with Gasteiger partial charge < -0.3 is 14.8 Å². The highest BCUT2D eigenvalue weighted by molar-refractivity contribution is 7.87. The Kier molecular flexibility index (Phi) is 4.53. The fourth-order valence-corrected chi connectivity index (χ4v) is 3.88. The summed E-state index contributed by atoms with van der Waals surface area (Å²) in [5.74, 6) is 0.354. The van der Waals surface area contributed by atoms with Crippen molar-refractivity contribution >= 4 is 21.8 Å². The smallest absolute Gasteiger partial charge is 0.280 e. The number of nitrogens with zero attached hydrogens (tertiary/aromatic N) is 1. The molecule has 9 heteroatoms. The summed E-state index contributed by atoms with van der Waals surface area (Å²) in [7, 11) is -3.58. The molecule has 2 heterocycles. The SMILES string of the molecule is C[C@H](NS(=O)(=O)N1CCOCC1)c1ccc2c(c1)NC(=O)CO2. The predicted molar refractivity (Wildman–Crippen MR) is 83.4 cm³/mol. The Balaban J connectivity index is 1.74. The van der Waals surface area contributed by atoms with Crippen molar-refractivity contribution in [2.24, 2.45) is 0 Å². The molecule has 126 valence electrons. The van der Waals surface area contributed by atoms with Gasteiger partial charge in [-0.15, -0.1) is 0 Å². The van der Waals surface area contributed by atoms with Crippen molar-refractivity contribution in [2.75, 3.05) is 38.2 Å². The molecule has 3 rings (SSSR count). The Morgan fingerprint density at radius 1 is 1.30 bits per heavy atom. The van der Waals surface area contributed by atoms with E-state index >= 15 is 0 Å². The van der Waals surface area contributed by atoms with Crippen LogP contribution in [0.15, 0.2) is 18.2 Å². The van der Waals surface area contributed by atoms with Crippen LogP contribution in [-0.2, 0) is 19.7 Å². The van der Waals surface area contributed by atoms with Crippen LogP contribution in [0.25, 0.3) is 0 Å². The molecule has 1 fully saturated rings. The van der Waals surface area contributed by atoms with Crippen LogP contribution in [0.2, 0.25) is 0 Å². The van der Waals surface area contributed by atoms with Crippen LogP contribution < -0.4 is 14.8 Å². The average molecular weight is 341 g/mol. The normalized spacial score (nSPS) is 20.3. The number of anilines is 1. The highest BCUT2D eigenvalue weighted by Gasteiger charge is 2.26. The van der Waals surface area contributed by atoms with E-state index in [0.717, 1.165) is 5.56 Å². The van der Waals surface area contributed by atoms with Crippen LogP contribution in [0, 0.1) is 0 Å². The number of ether oxygens (including phenoxy) is 2. The average Bonchev–Trinajstić information content (AvgIpc) is 2.54. The molecule has 1 atom stereocenters. The summed E-state index contributed by atoms with van der Waals surface area (Å²) in [6, 6.07) is 4.79. The monoisotopic (exact) mass is 341 g/mol.